The molecule has 0 unspecified atom stereocenters. The van der Waals surface area contributed by atoms with Crippen LogP contribution in [0.1, 0.15) is 25.3 Å². The summed E-state index contributed by atoms with van der Waals surface area (Å²) in [4.78, 5) is 8.92. The lowest BCUT2D eigenvalue weighted by Gasteiger charge is -2.13. The Morgan fingerprint density at radius 1 is 1.21 bits per heavy atom. The van der Waals surface area contributed by atoms with Gasteiger partial charge in [-0.25, -0.2) is 9.97 Å². The predicted octanol–water partition coefficient (Wildman–Crippen LogP) is 3.32. The van der Waals surface area contributed by atoms with E-state index in [2.05, 4.69) is 41.3 Å². The molecule has 0 fully saturated rings. The van der Waals surface area contributed by atoms with E-state index in [0.29, 0.717) is 17.5 Å². The van der Waals surface area contributed by atoms with Gasteiger partial charge < -0.3 is 10.1 Å². The van der Waals surface area contributed by atoms with E-state index < -0.39 is 0 Å². The molecule has 2 aromatic rings. The average molecular weight is 257 g/mol. The van der Waals surface area contributed by atoms with E-state index in [1.54, 1.807) is 13.3 Å². The first-order valence-electron chi connectivity index (χ1n) is 6.35. The molecule has 0 aliphatic carbocycles. The van der Waals surface area contributed by atoms with Crippen molar-refractivity contribution in [2.24, 2.45) is 0 Å². The van der Waals surface area contributed by atoms with Crippen LogP contribution in [0.3, 0.4) is 0 Å². The summed E-state index contributed by atoms with van der Waals surface area (Å²) in [5.74, 6) is 2.49. The molecule has 0 saturated carbocycles. The molecule has 2 rings (SSSR count). The number of ether oxygens (including phenoxy) is 1. The highest BCUT2D eigenvalue weighted by atomic mass is 16.5. The van der Waals surface area contributed by atoms with Gasteiger partial charge in [-0.15, -0.1) is 0 Å². The number of aromatic nitrogens is 2. The quantitative estimate of drug-likeness (QED) is 0.912. The van der Waals surface area contributed by atoms with Crippen molar-refractivity contribution < 1.29 is 4.74 Å². The van der Waals surface area contributed by atoms with Gasteiger partial charge in [-0.1, -0.05) is 38.1 Å². The highest BCUT2D eigenvalue weighted by Gasteiger charge is 2.12. The Labute approximate surface area is 113 Å². The molecular weight excluding hydrogens is 238 g/mol. The van der Waals surface area contributed by atoms with Gasteiger partial charge >= 0.3 is 0 Å². The topological polar surface area (TPSA) is 47.0 Å². The van der Waals surface area contributed by atoms with Gasteiger partial charge in [-0.05, 0) is 11.5 Å². The number of rotatable bonds is 4. The van der Waals surface area contributed by atoms with Gasteiger partial charge in [0.25, 0.3) is 0 Å². The van der Waals surface area contributed by atoms with Gasteiger partial charge in [0, 0.05) is 12.6 Å². The van der Waals surface area contributed by atoms with Crippen LogP contribution in [0.15, 0.2) is 30.5 Å². The van der Waals surface area contributed by atoms with Crippen LogP contribution >= 0.6 is 0 Å². The van der Waals surface area contributed by atoms with Gasteiger partial charge in [0.2, 0.25) is 0 Å². The van der Waals surface area contributed by atoms with Crippen LogP contribution in [0.4, 0.5) is 5.82 Å². The molecular formula is C15H19N3O. The van der Waals surface area contributed by atoms with Crippen LogP contribution in [0.25, 0.3) is 11.4 Å². The largest absolute Gasteiger partial charge is 0.491 e. The second-order valence-corrected chi connectivity index (χ2v) is 4.60. The molecule has 1 heterocycles. The molecule has 100 valence electrons. The Morgan fingerprint density at radius 2 is 1.95 bits per heavy atom. The summed E-state index contributed by atoms with van der Waals surface area (Å²) in [6, 6.07) is 8.22. The van der Waals surface area contributed by atoms with Gasteiger partial charge in [-0.3, -0.25) is 0 Å². The molecule has 0 bridgehead atoms. The first kappa shape index (κ1) is 13.3. The molecule has 0 spiro atoms. The molecule has 4 nitrogen and oxygen atoms in total. The minimum atomic E-state index is 0.430. The SMILES string of the molecule is CNc1nc(-c2ccccc2C(C)C)ncc1OC. The number of hydrogen-bond acceptors (Lipinski definition) is 4. The standard InChI is InChI=1S/C15H19N3O/c1-10(2)11-7-5-6-8-12(11)14-17-9-13(19-4)15(16-3)18-14/h5-10H,1-4H3,(H,16,17,18). The van der Waals surface area contributed by atoms with Crippen molar-refractivity contribution in [3.8, 4) is 17.1 Å². The molecule has 0 atom stereocenters. The lowest BCUT2D eigenvalue weighted by Crippen LogP contribution is -2.02. The smallest absolute Gasteiger partial charge is 0.179 e. The zero-order valence-corrected chi connectivity index (χ0v) is 11.8. The van der Waals surface area contributed by atoms with Crippen LogP contribution in [0, 0.1) is 0 Å². The van der Waals surface area contributed by atoms with Gasteiger partial charge in [0.1, 0.15) is 0 Å². The van der Waals surface area contributed by atoms with Gasteiger partial charge in [-0.2, -0.15) is 0 Å². The molecule has 1 aromatic heterocycles. The fraction of sp³-hybridized carbons (Fsp3) is 0.333. The van der Waals surface area contributed by atoms with E-state index in [1.165, 1.54) is 5.56 Å². The molecule has 1 aromatic carbocycles. The Bertz CT molecular complexity index is 567. The molecule has 19 heavy (non-hydrogen) atoms. The van der Waals surface area contributed by atoms with Crippen molar-refractivity contribution >= 4 is 5.82 Å². The van der Waals surface area contributed by atoms with Crippen LogP contribution in [-0.2, 0) is 0 Å². The Hall–Kier alpha value is -2.10. The van der Waals surface area contributed by atoms with Crippen molar-refractivity contribution in [1.29, 1.82) is 0 Å². The molecule has 0 amide bonds. The Balaban J connectivity index is 2.53. The first-order valence-corrected chi connectivity index (χ1v) is 6.35. The van der Waals surface area contributed by atoms with Crippen LogP contribution in [0.5, 0.6) is 5.75 Å². The minimum absolute atomic E-state index is 0.430. The zero-order valence-electron chi connectivity index (χ0n) is 11.8. The molecule has 4 heteroatoms. The molecule has 1 N–H and O–H groups in total. The summed E-state index contributed by atoms with van der Waals surface area (Å²) in [6.07, 6.45) is 1.70. The number of benzene rings is 1. The van der Waals surface area contributed by atoms with E-state index in [9.17, 15) is 0 Å². The zero-order chi connectivity index (χ0) is 13.8. The van der Waals surface area contributed by atoms with Crippen LogP contribution in [-0.4, -0.2) is 24.1 Å². The van der Waals surface area contributed by atoms with Crippen LogP contribution < -0.4 is 10.1 Å². The summed E-state index contributed by atoms with van der Waals surface area (Å²) >= 11 is 0. The number of hydrogen-bond donors (Lipinski definition) is 1. The lowest BCUT2D eigenvalue weighted by atomic mass is 9.97. The van der Waals surface area contributed by atoms with Crippen molar-refractivity contribution in [1.82, 2.24) is 9.97 Å². The third kappa shape index (κ3) is 2.67. The van der Waals surface area contributed by atoms with Crippen molar-refractivity contribution in [2.45, 2.75) is 19.8 Å². The summed E-state index contributed by atoms with van der Waals surface area (Å²) in [6.45, 7) is 4.34. The van der Waals surface area contributed by atoms with Crippen molar-refractivity contribution in [3.63, 3.8) is 0 Å². The fourth-order valence-electron chi connectivity index (χ4n) is 2.03. The molecule has 0 saturated heterocycles. The maximum Gasteiger partial charge on any atom is 0.179 e. The highest BCUT2D eigenvalue weighted by Crippen LogP contribution is 2.29. The highest BCUT2D eigenvalue weighted by molar-refractivity contribution is 5.64. The summed E-state index contributed by atoms with van der Waals surface area (Å²) < 4.78 is 5.22. The Kier molecular flexibility index (Phi) is 4.00. The monoisotopic (exact) mass is 257 g/mol. The molecule has 0 radical (unpaired) electrons. The van der Waals surface area contributed by atoms with Gasteiger partial charge in [0.15, 0.2) is 17.4 Å². The minimum Gasteiger partial charge on any atom is -0.491 e. The van der Waals surface area contributed by atoms with E-state index >= 15 is 0 Å². The van der Waals surface area contributed by atoms with E-state index in [1.807, 2.05) is 19.2 Å². The first-order chi connectivity index (χ1) is 9.17. The summed E-state index contributed by atoms with van der Waals surface area (Å²) in [5, 5.41) is 3.03. The normalized spacial score (nSPS) is 10.6. The van der Waals surface area contributed by atoms with Crippen molar-refractivity contribution in [3.05, 3.63) is 36.0 Å². The van der Waals surface area contributed by atoms with E-state index in [0.717, 1.165) is 11.4 Å². The Morgan fingerprint density at radius 3 is 2.58 bits per heavy atom. The molecule has 0 aliphatic heterocycles. The number of nitrogens with one attached hydrogen (secondary N) is 1. The predicted molar refractivity (Wildman–Crippen MR) is 77.7 cm³/mol. The number of methoxy groups -OCH3 is 1. The second kappa shape index (κ2) is 5.69. The lowest BCUT2D eigenvalue weighted by molar-refractivity contribution is 0.413. The number of anilines is 1. The third-order valence-corrected chi connectivity index (χ3v) is 3.04. The van der Waals surface area contributed by atoms with E-state index in [-0.39, 0.29) is 0 Å². The fourth-order valence-corrected chi connectivity index (χ4v) is 2.03. The maximum absolute atomic E-state index is 5.22. The van der Waals surface area contributed by atoms with Crippen molar-refractivity contribution in [2.75, 3.05) is 19.5 Å². The van der Waals surface area contributed by atoms with Gasteiger partial charge in [0.05, 0.1) is 13.3 Å². The maximum atomic E-state index is 5.22. The second-order valence-electron chi connectivity index (χ2n) is 4.60. The summed E-state index contributed by atoms with van der Waals surface area (Å²) in [7, 11) is 3.43. The third-order valence-electron chi connectivity index (χ3n) is 3.04. The van der Waals surface area contributed by atoms with E-state index in [4.69, 9.17) is 4.74 Å². The molecule has 0 aliphatic rings. The summed E-state index contributed by atoms with van der Waals surface area (Å²) in [5.41, 5.74) is 2.31. The number of nitrogens with zero attached hydrogens (tertiary/aromatic N) is 2. The van der Waals surface area contributed by atoms with Crippen LogP contribution in [0.2, 0.25) is 0 Å². The average Bonchev–Trinajstić information content (AvgIpc) is 2.46.